The lowest BCUT2D eigenvalue weighted by Gasteiger charge is -2.22. The molecule has 0 aromatic carbocycles. The molecule has 2 heterocycles. The highest BCUT2D eigenvalue weighted by Gasteiger charge is 2.14. The number of nitrogens with zero attached hydrogens (tertiary/aromatic N) is 1. The van der Waals surface area contributed by atoms with E-state index in [0.717, 1.165) is 25.9 Å². The molecule has 18 heavy (non-hydrogen) atoms. The van der Waals surface area contributed by atoms with Gasteiger partial charge in [-0.1, -0.05) is 17.7 Å². The topological polar surface area (TPSA) is 51.2 Å². The van der Waals surface area contributed by atoms with Crippen molar-refractivity contribution in [3.05, 3.63) is 29.0 Å². The summed E-state index contributed by atoms with van der Waals surface area (Å²) in [5.41, 5.74) is 0.354. The summed E-state index contributed by atoms with van der Waals surface area (Å²) in [6, 6.07) is 5.01. The largest absolute Gasteiger partial charge is 0.378 e. The molecule has 4 nitrogen and oxygen atoms in total. The summed E-state index contributed by atoms with van der Waals surface area (Å²) in [7, 11) is 0. The van der Waals surface area contributed by atoms with Crippen molar-refractivity contribution < 1.29 is 9.53 Å². The van der Waals surface area contributed by atoms with Gasteiger partial charge in [-0.05, 0) is 37.8 Å². The molecule has 1 aliphatic heterocycles. The van der Waals surface area contributed by atoms with Crippen LogP contribution in [0.3, 0.4) is 0 Å². The van der Waals surface area contributed by atoms with Gasteiger partial charge < -0.3 is 10.1 Å². The van der Waals surface area contributed by atoms with Crippen LogP contribution in [0.2, 0.25) is 5.15 Å². The molecule has 1 aliphatic rings. The van der Waals surface area contributed by atoms with E-state index in [9.17, 15) is 4.79 Å². The molecule has 1 fully saturated rings. The van der Waals surface area contributed by atoms with Crippen LogP contribution in [-0.4, -0.2) is 30.1 Å². The van der Waals surface area contributed by atoms with E-state index in [1.807, 2.05) is 0 Å². The maximum Gasteiger partial charge on any atom is 0.269 e. The number of amides is 1. The third-order valence-corrected chi connectivity index (χ3v) is 3.18. The van der Waals surface area contributed by atoms with Crippen molar-refractivity contribution in [2.75, 3.05) is 13.2 Å². The molecule has 0 saturated carbocycles. The van der Waals surface area contributed by atoms with Crippen LogP contribution in [0.4, 0.5) is 0 Å². The van der Waals surface area contributed by atoms with E-state index in [-0.39, 0.29) is 12.0 Å². The predicted molar refractivity (Wildman–Crippen MR) is 69.8 cm³/mol. The molecule has 98 valence electrons. The van der Waals surface area contributed by atoms with Gasteiger partial charge in [0.2, 0.25) is 0 Å². The Balaban J connectivity index is 1.74. The van der Waals surface area contributed by atoms with Crippen LogP contribution in [0.25, 0.3) is 0 Å². The minimum Gasteiger partial charge on any atom is -0.378 e. The normalized spacial score (nSPS) is 19.5. The van der Waals surface area contributed by atoms with Crippen LogP contribution in [0, 0.1) is 0 Å². The van der Waals surface area contributed by atoms with Gasteiger partial charge in [0.25, 0.3) is 5.91 Å². The first-order valence-electron chi connectivity index (χ1n) is 6.28. The molecule has 1 aromatic heterocycles. The maximum absolute atomic E-state index is 11.8. The Kier molecular flexibility index (Phi) is 4.96. The van der Waals surface area contributed by atoms with Gasteiger partial charge in [0, 0.05) is 13.2 Å². The molecule has 5 heteroatoms. The minimum atomic E-state index is -0.187. The Morgan fingerprint density at radius 2 is 2.39 bits per heavy atom. The van der Waals surface area contributed by atoms with Crippen LogP contribution in [0.5, 0.6) is 0 Å². The molecule has 1 aromatic rings. The quantitative estimate of drug-likeness (QED) is 0.854. The van der Waals surface area contributed by atoms with E-state index in [2.05, 4.69) is 10.3 Å². The molecule has 1 unspecified atom stereocenters. The molecule has 1 amide bonds. The number of halogens is 1. The number of nitrogens with one attached hydrogen (secondary N) is 1. The van der Waals surface area contributed by atoms with Gasteiger partial charge in [0.15, 0.2) is 0 Å². The maximum atomic E-state index is 11.8. The second kappa shape index (κ2) is 6.71. The smallest absolute Gasteiger partial charge is 0.269 e. The Hall–Kier alpha value is -1.13. The van der Waals surface area contributed by atoms with Crippen molar-refractivity contribution in [2.24, 2.45) is 0 Å². The average Bonchev–Trinajstić information content (AvgIpc) is 2.40. The van der Waals surface area contributed by atoms with E-state index in [0.29, 0.717) is 17.4 Å². The third-order valence-electron chi connectivity index (χ3n) is 2.97. The summed E-state index contributed by atoms with van der Waals surface area (Å²) >= 11 is 5.73. The average molecular weight is 269 g/mol. The predicted octanol–water partition coefficient (Wildman–Crippen LogP) is 2.42. The number of hydrogen-bond donors (Lipinski definition) is 1. The van der Waals surface area contributed by atoms with Gasteiger partial charge in [-0.2, -0.15) is 0 Å². The Labute approximate surface area is 112 Å². The number of aromatic nitrogens is 1. The first kappa shape index (κ1) is 13.3. The van der Waals surface area contributed by atoms with Crippen LogP contribution >= 0.6 is 11.6 Å². The highest BCUT2D eigenvalue weighted by Crippen LogP contribution is 2.14. The van der Waals surface area contributed by atoms with Crippen LogP contribution in [0.1, 0.15) is 36.2 Å². The van der Waals surface area contributed by atoms with Crippen LogP contribution in [-0.2, 0) is 4.74 Å². The molecular weight excluding hydrogens is 252 g/mol. The lowest BCUT2D eigenvalue weighted by Crippen LogP contribution is -2.29. The second-order valence-electron chi connectivity index (χ2n) is 4.38. The zero-order chi connectivity index (χ0) is 12.8. The van der Waals surface area contributed by atoms with E-state index in [1.54, 1.807) is 18.2 Å². The summed E-state index contributed by atoms with van der Waals surface area (Å²) in [5, 5.41) is 3.17. The summed E-state index contributed by atoms with van der Waals surface area (Å²) < 4.78 is 5.60. The van der Waals surface area contributed by atoms with Crippen LogP contribution in [0.15, 0.2) is 18.2 Å². The number of ether oxygens (including phenoxy) is 1. The third kappa shape index (κ3) is 3.96. The Morgan fingerprint density at radius 3 is 3.11 bits per heavy atom. The van der Waals surface area contributed by atoms with E-state index < -0.39 is 0 Å². The number of pyridine rings is 1. The van der Waals surface area contributed by atoms with E-state index in [1.165, 1.54) is 6.42 Å². The molecule has 0 bridgehead atoms. The summed E-state index contributed by atoms with van der Waals surface area (Å²) in [6.45, 7) is 1.45. The molecule has 0 aliphatic carbocycles. The fourth-order valence-electron chi connectivity index (χ4n) is 2.01. The van der Waals surface area contributed by atoms with Crippen molar-refractivity contribution in [3.63, 3.8) is 0 Å². The first-order valence-corrected chi connectivity index (χ1v) is 6.66. The van der Waals surface area contributed by atoms with Crippen molar-refractivity contribution >= 4 is 17.5 Å². The first-order chi connectivity index (χ1) is 8.75. The fourth-order valence-corrected chi connectivity index (χ4v) is 2.17. The molecule has 1 N–H and O–H groups in total. The highest BCUT2D eigenvalue weighted by atomic mass is 35.5. The Morgan fingerprint density at radius 1 is 1.50 bits per heavy atom. The second-order valence-corrected chi connectivity index (χ2v) is 4.77. The highest BCUT2D eigenvalue weighted by molar-refractivity contribution is 6.29. The van der Waals surface area contributed by atoms with Crippen LogP contribution < -0.4 is 5.32 Å². The minimum absolute atomic E-state index is 0.187. The fraction of sp³-hybridized carbons (Fsp3) is 0.538. The molecule has 0 spiro atoms. The van der Waals surface area contributed by atoms with Gasteiger partial charge in [-0.25, -0.2) is 4.98 Å². The van der Waals surface area contributed by atoms with E-state index >= 15 is 0 Å². The zero-order valence-electron chi connectivity index (χ0n) is 10.2. The monoisotopic (exact) mass is 268 g/mol. The van der Waals surface area contributed by atoms with E-state index in [4.69, 9.17) is 16.3 Å². The van der Waals surface area contributed by atoms with Gasteiger partial charge in [-0.15, -0.1) is 0 Å². The number of hydrogen-bond acceptors (Lipinski definition) is 3. The lowest BCUT2D eigenvalue weighted by atomic mass is 10.1. The van der Waals surface area contributed by atoms with Crippen molar-refractivity contribution in [3.8, 4) is 0 Å². The van der Waals surface area contributed by atoms with Crippen molar-refractivity contribution in [2.45, 2.75) is 31.8 Å². The number of carbonyl (C=O) groups excluding carboxylic acids is 1. The molecule has 1 atom stereocenters. The van der Waals surface area contributed by atoms with Gasteiger partial charge in [0.1, 0.15) is 10.8 Å². The summed E-state index contributed by atoms with van der Waals surface area (Å²) in [4.78, 5) is 15.7. The molecular formula is C13H17ClN2O2. The van der Waals surface area contributed by atoms with Gasteiger partial charge >= 0.3 is 0 Å². The number of rotatable bonds is 4. The zero-order valence-corrected chi connectivity index (χ0v) is 10.9. The van der Waals surface area contributed by atoms with Crippen molar-refractivity contribution in [1.82, 2.24) is 10.3 Å². The standard InChI is InChI=1S/C13H17ClN2O2/c14-12-6-3-5-11(16-12)13(17)15-8-7-10-4-1-2-9-18-10/h3,5-6,10H,1-2,4,7-9H2,(H,15,17). The van der Waals surface area contributed by atoms with Gasteiger partial charge in [0.05, 0.1) is 6.10 Å². The lowest BCUT2D eigenvalue weighted by molar-refractivity contribution is 0.0117. The number of carbonyl (C=O) groups is 1. The summed E-state index contributed by atoms with van der Waals surface area (Å²) in [6.07, 6.45) is 4.59. The SMILES string of the molecule is O=C(NCCC1CCCCO1)c1cccc(Cl)n1. The van der Waals surface area contributed by atoms with Crippen molar-refractivity contribution in [1.29, 1.82) is 0 Å². The molecule has 1 saturated heterocycles. The molecule has 0 radical (unpaired) electrons. The molecule has 2 rings (SSSR count). The summed E-state index contributed by atoms with van der Waals surface area (Å²) in [5.74, 6) is -0.187. The Bertz CT molecular complexity index is 406. The van der Waals surface area contributed by atoms with Gasteiger partial charge in [-0.3, -0.25) is 4.79 Å².